The lowest BCUT2D eigenvalue weighted by Crippen LogP contribution is -2.30. The highest BCUT2D eigenvalue weighted by atomic mass is 32.1. The number of aryl methyl sites for hydroxylation is 1. The van der Waals surface area contributed by atoms with Gasteiger partial charge in [-0.2, -0.15) is 0 Å². The molecule has 0 radical (unpaired) electrons. The summed E-state index contributed by atoms with van der Waals surface area (Å²) in [4.78, 5) is 30.9. The van der Waals surface area contributed by atoms with E-state index in [-0.39, 0.29) is 17.9 Å². The van der Waals surface area contributed by atoms with Crippen LogP contribution in [0.5, 0.6) is 0 Å². The monoisotopic (exact) mass is 360 g/mol. The third-order valence-electron chi connectivity index (χ3n) is 4.79. The van der Waals surface area contributed by atoms with E-state index in [0.717, 1.165) is 34.7 Å². The normalized spacial score (nSPS) is 17.1. The lowest BCUT2D eigenvalue weighted by atomic mass is 10.1. The Kier molecular flexibility index (Phi) is 5.27. The molecule has 1 saturated heterocycles. The number of nitrogens with zero attached hydrogens (tertiary/aromatic N) is 2. The Bertz CT molecular complexity index is 760. The van der Waals surface area contributed by atoms with Crippen LogP contribution in [0, 0.1) is 6.92 Å². The van der Waals surface area contributed by atoms with Crippen molar-refractivity contribution in [1.29, 1.82) is 0 Å². The Hall–Kier alpha value is -2.08. The van der Waals surface area contributed by atoms with E-state index in [9.17, 15) is 9.59 Å². The van der Waals surface area contributed by atoms with E-state index in [1.54, 1.807) is 6.26 Å². The highest BCUT2D eigenvalue weighted by Gasteiger charge is 2.34. The summed E-state index contributed by atoms with van der Waals surface area (Å²) in [6.45, 7) is 7.98. The van der Waals surface area contributed by atoms with E-state index < -0.39 is 0 Å². The van der Waals surface area contributed by atoms with Gasteiger partial charge in [-0.1, -0.05) is 0 Å². The zero-order valence-electron chi connectivity index (χ0n) is 14.9. The van der Waals surface area contributed by atoms with Crippen molar-refractivity contribution in [2.24, 2.45) is 0 Å². The molecule has 0 spiro atoms. The summed E-state index contributed by atoms with van der Waals surface area (Å²) in [5.74, 6) is 0.428. The van der Waals surface area contributed by atoms with Crippen molar-refractivity contribution < 1.29 is 14.0 Å². The van der Waals surface area contributed by atoms with Crippen molar-refractivity contribution in [2.45, 2.75) is 39.7 Å². The third kappa shape index (κ3) is 3.35. The number of furan rings is 1. The van der Waals surface area contributed by atoms with Crippen molar-refractivity contribution in [3.8, 4) is 0 Å². The quantitative estimate of drug-likeness (QED) is 0.806. The molecule has 2 aromatic heterocycles. The first kappa shape index (κ1) is 17.7. The minimum atomic E-state index is -0.0602. The maximum absolute atomic E-state index is 12.8. The highest BCUT2D eigenvalue weighted by Crippen LogP contribution is 2.37. The van der Waals surface area contributed by atoms with E-state index in [1.807, 2.05) is 48.8 Å². The van der Waals surface area contributed by atoms with Gasteiger partial charge in [-0.15, -0.1) is 11.3 Å². The Morgan fingerprint density at radius 1 is 1.28 bits per heavy atom. The van der Waals surface area contributed by atoms with E-state index in [2.05, 4.69) is 0 Å². The average Bonchev–Trinajstić information content (AvgIpc) is 3.35. The summed E-state index contributed by atoms with van der Waals surface area (Å²) in [6.07, 6.45) is 3.44. The Morgan fingerprint density at radius 2 is 2.04 bits per heavy atom. The van der Waals surface area contributed by atoms with Crippen LogP contribution in [0.1, 0.15) is 63.4 Å². The lowest BCUT2D eigenvalue weighted by Gasteiger charge is -2.23. The summed E-state index contributed by atoms with van der Waals surface area (Å²) < 4.78 is 5.38. The molecule has 3 heterocycles. The molecule has 1 aliphatic rings. The highest BCUT2D eigenvalue weighted by molar-refractivity contribution is 7.14. The Balaban J connectivity index is 1.81. The molecule has 1 atom stereocenters. The largest absolute Gasteiger partial charge is 0.459 e. The van der Waals surface area contributed by atoms with Crippen LogP contribution in [0.2, 0.25) is 0 Å². The first-order chi connectivity index (χ1) is 12.1. The summed E-state index contributed by atoms with van der Waals surface area (Å²) in [5.41, 5.74) is 0.860. The lowest BCUT2D eigenvalue weighted by molar-refractivity contribution is 0.0704. The Labute approximate surface area is 152 Å². The van der Waals surface area contributed by atoms with Gasteiger partial charge in [0.1, 0.15) is 0 Å². The van der Waals surface area contributed by atoms with Crippen LogP contribution in [-0.2, 0) is 0 Å². The van der Waals surface area contributed by atoms with Crippen LogP contribution in [-0.4, -0.2) is 41.2 Å². The van der Waals surface area contributed by atoms with Crippen molar-refractivity contribution >= 4 is 23.2 Å². The molecule has 1 fully saturated rings. The van der Waals surface area contributed by atoms with Crippen LogP contribution in [0.4, 0.5) is 0 Å². The van der Waals surface area contributed by atoms with Gasteiger partial charge in [0.05, 0.1) is 17.2 Å². The van der Waals surface area contributed by atoms with Gasteiger partial charge in [-0.05, 0) is 51.8 Å². The van der Waals surface area contributed by atoms with Gasteiger partial charge in [-0.3, -0.25) is 9.59 Å². The second kappa shape index (κ2) is 7.44. The number of carbonyl (C=O) groups is 2. The fourth-order valence-electron chi connectivity index (χ4n) is 3.34. The summed E-state index contributed by atoms with van der Waals surface area (Å²) in [6, 6.07) is 5.72. The van der Waals surface area contributed by atoms with Gasteiger partial charge in [-0.25, -0.2) is 0 Å². The predicted octanol–water partition coefficient (Wildman–Crippen LogP) is 4.11. The summed E-state index contributed by atoms with van der Waals surface area (Å²) in [5, 5.41) is 0. The standard InChI is InChI=1S/C19H24N2O3S/c1-4-20(5-2)18(22)16-9-8-15(25-16)14-7-6-11-21(14)19(23)17-13(3)10-12-24-17/h8-10,12,14H,4-7,11H2,1-3H3/t14-/m1/s1. The van der Waals surface area contributed by atoms with Crippen LogP contribution < -0.4 is 0 Å². The van der Waals surface area contributed by atoms with Crippen molar-refractivity contribution in [3.63, 3.8) is 0 Å². The van der Waals surface area contributed by atoms with Gasteiger partial charge < -0.3 is 14.2 Å². The van der Waals surface area contributed by atoms with Gasteiger partial charge in [0.2, 0.25) is 0 Å². The number of rotatable bonds is 5. The molecule has 2 amide bonds. The molecule has 0 saturated carbocycles. The number of hydrogen-bond acceptors (Lipinski definition) is 4. The van der Waals surface area contributed by atoms with E-state index in [1.165, 1.54) is 11.3 Å². The van der Waals surface area contributed by atoms with Crippen molar-refractivity contribution in [3.05, 3.63) is 45.5 Å². The number of thiophene rings is 1. The molecular weight excluding hydrogens is 336 g/mol. The molecule has 0 bridgehead atoms. The smallest absolute Gasteiger partial charge is 0.290 e. The van der Waals surface area contributed by atoms with E-state index >= 15 is 0 Å². The first-order valence-corrected chi connectivity index (χ1v) is 9.62. The molecule has 0 N–H and O–H groups in total. The van der Waals surface area contributed by atoms with Crippen LogP contribution in [0.3, 0.4) is 0 Å². The van der Waals surface area contributed by atoms with E-state index in [4.69, 9.17) is 4.42 Å². The molecule has 3 rings (SSSR count). The maximum atomic E-state index is 12.8. The van der Waals surface area contributed by atoms with Crippen LogP contribution >= 0.6 is 11.3 Å². The SMILES string of the molecule is CCN(CC)C(=O)c1ccc([C@H]2CCCN2C(=O)c2occc2C)s1. The number of amides is 2. The van der Waals surface area contributed by atoms with E-state index in [0.29, 0.717) is 18.8 Å². The summed E-state index contributed by atoms with van der Waals surface area (Å²) in [7, 11) is 0. The molecule has 2 aromatic rings. The zero-order chi connectivity index (χ0) is 18.0. The molecule has 6 heteroatoms. The predicted molar refractivity (Wildman–Crippen MR) is 98.0 cm³/mol. The van der Waals surface area contributed by atoms with Gasteiger partial charge in [0, 0.05) is 30.1 Å². The molecule has 0 aromatic carbocycles. The fraction of sp³-hybridized carbons (Fsp3) is 0.474. The molecule has 0 aliphatic carbocycles. The molecule has 25 heavy (non-hydrogen) atoms. The zero-order valence-corrected chi connectivity index (χ0v) is 15.8. The minimum Gasteiger partial charge on any atom is -0.459 e. The van der Waals surface area contributed by atoms with Crippen LogP contribution in [0.15, 0.2) is 28.9 Å². The minimum absolute atomic E-state index is 0.0280. The average molecular weight is 360 g/mol. The maximum Gasteiger partial charge on any atom is 0.290 e. The molecule has 0 unspecified atom stereocenters. The first-order valence-electron chi connectivity index (χ1n) is 8.80. The van der Waals surface area contributed by atoms with Crippen LogP contribution in [0.25, 0.3) is 0 Å². The van der Waals surface area contributed by atoms with Gasteiger partial charge >= 0.3 is 0 Å². The number of hydrogen-bond donors (Lipinski definition) is 0. The van der Waals surface area contributed by atoms with Crippen molar-refractivity contribution in [1.82, 2.24) is 9.80 Å². The van der Waals surface area contributed by atoms with Gasteiger partial charge in [0.15, 0.2) is 5.76 Å². The number of likely N-dealkylation sites (tertiary alicyclic amines) is 1. The Morgan fingerprint density at radius 3 is 2.68 bits per heavy atom. The topological polar surface area (TPSA) is 53.8 Å². The fourth-order valence-corrected chi connectivity index (χ4v) is 4.47. The summed E-state index contributed by atoms with van der Waals surface area (Å²) >= 11 is 1.50. The second-order valence-electron chi connectivity index (χ2n) is 6.27. The van der Waals surface area contributed by atoms with Gasteiger partial charge in [0.25, 0.3) is 11.8 Å². The molecule has 134 valence electrons. The molecule has 5 nitrogen and oxygen atoms in total. The van der Waals surface area contributed by atoms with Crippen molar-refractivity contribution in [2.75, 3.05) is 19.6 Å². The molecule has 1 aliphatic heterocycles. The third-order valence-corrected chi connectivity index (χ3v) is 5.96. The molecular formula is C19H24N2O3S. The second-order valence-corrected chi connectivity index (χ2v) is 7.38. The number of carbonyl (C=O) groups excluding carboxylic acids is 2.